The van der Waals surface area contributed by atoms with Crippen LogP contribution < -0.4 is 0 Å². The Morgan fingerprint density at radius 3 is 2.03 bits per heavy atom. The van der Waals surface area contributed by atoms with Gasteiger partial charge in [-0.05, 0) is 62.8 Å². The van der Waals surface area contributed by atoms with Crippen LogP contribution in [0.25, 0.3) is 0 Å². The Labute approximate surface area is 171 Å². The lowest BCUT2D eigenvalue weighted by Gasteiger charge is -2.33. The molecule has 0 unspecified atom stereocenters. The topological polar surface area (TPSA) is 101 Å². The van der Waals surface area contributed by atoms with Crippen LogP contribution in [-0.4, -0.2) is 56.8 Å². The summed E-state index contributed by atoms with van der Waals surface area (Å²) in [7, 11) is -7.42. The summed E-state index contributed by atoms with van der Waals surface area (Å²) in [4.78, 5) is 0.365. The Hall–Kier alpha value is -1.75. The van der Waals surface area contributed by atoms with E-state index in [1.165, 1.54) is 14.2 Å². The Morgan fingerprint density at radius 2 is 1.45 bits per heavy atom. The minimum Gasteiger partial charge on any atom is -0.360 e. The smallest absolute Gasteiger partial charge is 0.248 e. The highest BCUT2D eigenvalue weighted by Gasteiger charge is 2.36. The van der Waals surface area contributed by atoms with E-state index < -0.39 is 20.0 Å². The van der Waals surface area contributed by atoms with Gasteiger partial charge in [0, 0.05) is 26.2 Å². The summed E-state index contributed by atoms with van der Waals surface area (Å²) in [5.74, 6) is 0.242. The van der Waals surface area contributed by atoms with E-state index in [1.54, 1.807) is 26.0 Å². The van der Waals surface area contributed by atoms with E-state index in [4.69, 9.17) is 4.52 Å². The molecule has 1 aliphatic heterocycles. The van der Waals surface area contributed by atoms with E-state index in [-0.39, 0.29) is 36.8 Å². The molecule has 0 atom stereocenters. The molecule has 29 heavy (non-hydrogen) atoms. The quantitative estimate of drug-likeness (QED) is 0.721. The van der Waals surface area contributed by atoms with Gasteiger partial charge in [-0.2, -0.15) is 8.61 Å². The summed E-state index contributed by atoms with van der Waals surface area (Å²) in [5.41, 5.74) is 2.65. The summed E-state index contributed by atoms with van der Waals surface area (Å²) in [5, 5.41) is 3.72. The van der Waals surface area contributed by atoms with Gasteiger partial charge >= 0.3 is 0 Å². The van der Waals surface area contributed by atoms with Crippen LogP contribution in [0, 0.1) is 13.8 Å². The third-order valence-electron chi connectivity index (χ3n) is 5.72. The fraction of sp³-hybridized carbons (Fsp3) is 0.526. The molecule has 1 saturated heterocycles. The average molecular weight is 440 g/mol. The minimum absolute atomic E-state index is 0.0727. The van der Waals surface area contributed by atoms with Crippen molar-refractivity contribution in [3.8, 4) is 0 Å². The van der Waals surface area contributed by atoms with Crippen molar-refractivity contribution in [1.29, 1.82) is 0 Å². The van der Waals surface area contributed by atoms with Gasteiger partial charge in [-0.1, -0.05) is 11.2 Å². The third kappa shape index (κ3) is 3.63. The number of benzene rings is 1. The first kappa shape index (κ1) is 20.5. The van der Waals surface area contributed by atoms with E-state index in [1.807, 2.05) is 6.07 Å². The van der Waals surface area contributed by atoms with Gasteiger partial charge in [-0.3, -0.25) is 0 Å². The number of piperazine rings is 1. The van der Waals surface area contributed by atoms with Crippen LogP contribution in [0.3, 0.4) is 0 Å². The molecule has 10 heteroatoms. The summed E-state index contributed by atoms with van der Waals surface area (Å²) in [6, 6.07) is 5.38. The van der Waals surface area contributed by atoms with Gasteiger partial charge in [0.1, 0.15) is 10.6 Å². The van der Waals surface area contributed by atoms with Crippen LogP contribution >= 0.6 is 0 Å². The number of aromatic nitrogens is 1. The molecule has 2 aliphatic rings. The molecule has 158 valence electrons. The molecular weight excluding hydrogens is 414 g/mol. The second-order valence-electron chi connectivity index (χ2n) is 7.60. The van der Waals surface area contributed by atoms with E-state index in [2.05, 4.69) is 5.16 Å². The van der Waals surface area contributed by atoms with Crippen molar-refractivity contribution >= 4 is 20.0 Å². The maximum atomic E-state index is 13.1. The number of nitrogens with zero attached hydrogens (tertiary/aromatic N) is 3. The minimum atomic E-state index is -3.77. The number of rotatable bonds is 4. The molecule has 1 aromatic carbocycles. The van der Waals surface area contributed by atoms with E-state index in [9.17, 15) is 16.8 Å². The number of hydrogen-bond donors (Lipinski definition) is 0. The standard InChI is InChI=1S/C19H25N3O5S2/c1-14-19(15(2)27-20-14)29(25,26)22-11-9-21(10-12-22)28(23,24)18-8-7-16-5-3-4-6-17(16)13-18/h7-8,13H,3-6,9-12H2,1-2H3. The van der Waals surface area contributed by atoms with Gasteiger partial charge in [0.05, 0.1) is 4.90 Å². The van der Waals surface area contributed by atoms with Crippen molar-refractivity contribution in [3.63, 3.8) is 0 Å². The molecule has 0 spiro atoms. The molecular formula is C19H25N3O5S2. The summed E-state index contributed by atoms with van der Waals surface area (Å²) in [6.45, 7) is 3.56. The van der Waals surface area contributed by atoms with Gasteiger partial charge in [-0.25, -0.2) is 16.8 Å². The monoisotopic (exact) mass is 439 g/mol. The van der Waals surface area contributed by atoms with Crippen molar-refractivity contribution in [2.24, 2.45) is 0 Å². The Kier molecular flexibility index (Phi) is 5.30. The molecule has 0 radical (unpaired) electrons. The first-order valence-corrected chi connectivity index (χ1v) is 12.6. The molecule has 1 aliphatic carbocycles. The van der Waals surface area contributed by atoms with Crippen LogP contribution in [0.4, 0.5) is 0 Å². The van der Waals surface area contributed by atoms with Gasteiger partial charge in [0.25, 0.3) is 0 Å². The highest BCUT2D eigenvalue weighted by Crippen LogP contribution is 2.28. The second kappa shape index (κ2) is 7.50. The van der Waals surface area contributed by atoms with E-state index >= 15 is 0 Å². The molecule has 0 N–H and O–H groups in total. The fourth-order valence-corrected chi connectivity index (χ4v) is 7.33. The molecule has 0 bridgehead atoms. The Balaban J connectivity index is 1.52. The maximum absolute atomic E-state index is 13.1. The SMILES string of the molecule is Cc1noc(C)c1S(=O)(=O)N1CCN(S(=O)(=O)c2ccc3c(c2)CCCC3)CC1. The van der Waals surface area contributed by atoms with Crippen molar-refractivity contribution in [1.82, 2.24) is 13.8 Å². The highest BCUT2D eigenvalue weighted by atomic mass is 32.2. The van der Waals surface area contributed by atoms with E-state index in [0.717, 1.165) is 31.2 Å². The highest BCUT2D eigenvalue weighted by molar-refractivity contribution is 7.89. The molecule has 8 nitrogen and oxygen atoms in total. The maximum Gasteiger partial charge on any atom is 0.248 e. The lowest BCUT2D eigenvalue weighted by molar-refractivity contribution is 0.272. The molecule has 2 aromatic rings. The van der Waals surface area contributed by atoms with Crippen molar-refractivity contribution in [3.05, 3.63) is 40.8 Å². The Bertz CT molecular complexity index is 1110. The normalized spacial score (nSPS) is 19.2. The summed E-state index contributed by atoms with van der Waals surface area (Å²) >= 11 is 0. The van der Waals surface area contributed by atoms with Crippen molar-refractivity contribution < 1.29 is 21.4 Å². The first-order valence-electron chi connectivity index (χ1n) is 9.76. The van der Waals surface area contributed by atoms with Crippen LogP contribution in [0.15, 0.2) is 32.5 Å². The van der Waals surface area contributed by atoms with Gasteiger partial charge in [0.2, 0.25) is 20.0 Å². The molecule has 1 aromatic heterocycles. The molecule has 0 amide bonds. The van der Waals surface area contributed by atoms with Gasteiger partial charge in [0.15, 0.2) is 5.76 Å². The number of fused-ring (bicyclic) bond motifs is 1. The molecule has 1 fully saturated rings. The van der Waals surface area contributed by atoms with Gasteiger partial charge in [-0.15, -0.1) is 0 Å². The van der Waals surface area contributed by atoms with Crippen LogP contribution in [0.2, 0.25) is 0 Å². The second-order valence-corrected chi connectivity index (χ2v) is 11.4. The number of sulfonamides is 2. The van der Waals surface area contributed by atoms with Crippen molar-refractivity contribution in [2.45, 2.75) is 49.3 Å². The zero-order valence-corrected chi connectivity index (χ0v) is 18.2. The predicted octanol–water partition coefficient (Wildman–Crippen LogP) is 1.87. The van der Waals surface area contributed by atoms with Gasteiger partial charge < -0.3 is 4.52 Å². The summed E-state index contributed by atoms with van der Waals surface area (Å²) < 4.78 is 59.7. The fourth-order valence-electron chi connectivity index (χ4n) is 4.14. The van der Waals surface area contributed by atoms with Crippen LogP contribution in [0.1, 0.15) is 35.4 Å². The molecule has 4 rings (SSSR count). The van der Waals surface area contributed by atoms with Crippen LogP contribution in [-0.2, 0) is 32.9 Å². The zero-order chi connectivity index (χ0) is 20.8. The largest absolute Gasteiger partial charge is 0.360 e. The van der Waals surface area contributed by atoms with Crippen LogP contribution in [0.5, 0.6) is 0 Å². The molecule has 0 saturated carbocycles. The summed E-state index contributed by atoms with van der Waals surface area (Å²) in [6.07, 6.45) is 4.12. The van der Waals surface area contributed by atoms with Crippen molar-refractivity contribution in [2.75, 3.05) is 26.2 Å². The lowest BCUT2D eigenvalue weighted by Crippen LogP contribution is -2.50. The predicted molar refractivity (Wildman–Crippen MR) is 107 cm³/mol. The average Bonchev–Trinajstić information content (AvgIpc) is 3.06. The first-order chi connectivity index (χ1) is 13.7. The number of aryl methyl sites for hydroxylation is 4. The lowest BCUT2D eigenvalue weighted by atomic mass is 9.92. The number of hydrogen-bond acceptors (Lipinski definition) is 6. The molecule has 2 heterocycles. The third-order valence-corrected chi connectivity index (χ3v) is 9.76. The zero-order valence-electron chi connectivity index (χ0n) is 16.6. The Morgan fingerprint density at radius 1 is 0.862 bits per heavy atom. The van der Waals surface area contributed by atoms with E-state index in [0.29, 0.717) is 10.6 Å².